The predicted octanol–water partition coefficient (Wildman–Crippen LogP) is 2.88. The zero-order valence-electron chi connectivity index (χ0n) is 10.8. The molecule has 0 spiro atoms. The number of rotatable bonds is 4. The minimum atomic E-state index is -1.10. The lowest BCUT2D eigenvalue weighted by Crippen LogP contribution is -2.16. The van der Waals surface area contributed by atoms with E-state index in [2.05, 4.69) is 5.32 Å². The molecule has 5 nitrogen and oxygen atoms in total. The summed E-state index contributed by atoms with van der Waals surface area (Å²) in [4.78, 5) is 23.1. The topological polar surface area (TPSA) is 86.6 Å². The summed E-state index contributed by atoms with van der Waals surface area (Å²) in [5.41, 5.74) is 0.953. The highest BCUT2D eigenvalue weighted by molar-refractivity contribution is 14.1. The van der Waals surface area contributed by atoms with Crippen LogP contribution in [0.4, 0.5) is 5.69 Å². The highest BCUT2D eigenvalue weighted by atomic mass is 127. The first kappa shape index (κ1) is 15.3. The Morgan fingerprint density at radius 3 is 2.57 bits per heavy atom. The zero-order chi connectivity index (χ0) is 15.4. The third-order valence-electron chi connectivity index (χ3n) is 2.76. The highest BCUT2D eigenvalue weighted by Crippen LogP contribution is 2.19. The van der Waals surface area contributed by atoms with Gasteiger partial charge < -0.3 is 15.5 Å². The lowest BCUT2D eigenvalue weighted by molar-refractivity contribution is -0.115. The van der Waals surface area contributed by atoms with Gasteiger partial charge in [0.15, 0.2) is 0 Å². The van der Waals surface area contributed by atoms with Crippen LogP contribution in [0.15, 0.2) is 42.5 Å². The summed E-state index contributed by atoms with van der Waals surface area (Å²) < 4.78 is 0.774. The van der Waals surface area contributed by atoms with Crippen molar-refractivity contribution in [3.05, 3.63) is 57.2 Å². The number of nitrogens with one attached hydrogen (secondary N) is 1. The molecule has 0 radical (unpaired) electrons. The van der Waals surface area contributed by atoms with E-state index in [0.29, 0.717) is 5.56 Å². The van der Waals surface area contributed by atoms with E-state index in [1.807, 2.05) is 22.6 Å². The van der Waals surface area contributed by atoms with Gasteiger partial charge in [0, 0.05) is 3.57 Å². The molecule has 0 saturated heterocycles. The number of aromatic carboxylic acids is 1. The van der Waals surface area contributed by atoms with Gasteiger partial charge in [-0.2, -0.15) is 0 Å². The van der Waals surface area contributed by atoms with Crippen molar-refractivity contribution in [3.8, 4) is 5.75 Å². The van der Waals surface area contributed by atoms with E-state index in [1.165, 1.54) is 18.2 Å². The van der Waals surface area contributed by atoms with Crippen LogP contribution in [0.5, 0.6) is 5.75 Å². The Hall–Kier alpha value is -2.09. The first-order valence-electron chi connectivity index (χ1n) is 6.06. The van der Waals surface area contributed by atoms with Gasteiger partial charge in [0.2, 0.25) is 5.91 Å². The number of carbonyl (C=O) groups excluding carboxylic acids is 1. The fourth-order valence-electron chi connectivity index (χ4n) is 1.85. The van der Waals surface area contributed by atoms with Gasteiger partial charge in [-0.1, -0.05) is 12.1 Å². The predicted molar refractivity (Wildman–Crippen MR) is 86.6 cm³/mol. The average molecular weight is 397 g/mol. The fraction of sp³-hybridized carbons (Fsp3) is 0.0667. The van der Waals surface area contributed by atoms with Crippen LogP contribution in [-0.4, -0.2) is 22.1 Å². The number of amides is 1. The Kier molecular flexibility index (Phi) is 4.79. The molecule has 1 amide bonds. The summed E-state index contributed by atoms with van der Waals surface area (Å²) >= 11 is 2.01. The van der Waals surface area contributed by atoms with Crippen LogP contribution >= 0.6 is 22.6 Å². The number of hydrogen-bond acceptors (Lipinski definition) is 3. The number of carboxylic acids is 1. The van der Waals surface area contributed by atoms with E-state index in [9.17, 15) is 14.7 Å². The lowest BCUT2D eigenvalue weighted by atomic mass is 10.1. The Bertz CT molecular complexity index is 700. The smallest absolute Gasteiger partial charge is 0.337 e. The number of benzene rings is 2. The Morgan fingerprint density at radius 1 is 1.14 bits per heavy atom. The largest absolute Gasteiger partial charge is 0.508 e. The van der Waals surface area contributed by atoms with Crippen molar-refractivity contribution in [2.45, 2.75) is 6.42 Å². The van der Waals surface area contributed by atoms with Crippen LogP contribution in [0.2, 0.25) is 0 Å². The van der Waals surface area contributed by atoms with Gasteiger partial charge in [-0.25, -0.2) is 4.79 Å². The molecule has 0 bridgehead atoms. The van der Waals surface area contributed by atoms with Gasteiger partial charge in [0.25, 0.3) is 0 Å². The number of carbonyl (C=O) groups is 2. The molecule has 0 aliphatic heterocycles. The number of phenols is 1. The van der Waals surface area contributed by atoms with Crippen molar-refractivity contribution < 1.29 is 19.8 Å². The Morgan fingerprint density at radius 2 is 1.90 bits per heavy atom. The summed E-state index contributed by atoms with van der Waals surface area (Å²) in [6, 6.07) is 11.1. The second-order valence-corrected chi connectivity index (χ2v) is 5.64. The molecule has 0 fully saturated rings. The highest BCUT2D eigenvalue weighted by Gasteiger charge is 2.13. The molecule has 21 heavy (non-hydrogen) atoms. The monoisotopic (exact) mass is 397 g/mol. The maximum atomic E-state index is 12.0. The third kappa shape index (κ3) is 4.19. The van der Waals surface area contributed by atoms with Crippen molar-refractivity contribution in [2.75, 3.05) is 5.32 Å². The second kappa shape index (κ2) is 6.57. The molecule has 0 heterocycles. The molecule has 0 atom stereocenters. The summed E-state index contributed by atoms with van der Waals surface area (Å²) in [5, 5.41) is 21.1. The lowest BCUT2D eigenvalue weighted by Gasteiger charge is -2.09. The maximum Gasteiger partial charge on any atom is 0.337 e. The molecular weight excluding hydrogens is 385 g/mol. The summed E-state index contributed by atoms with van der Waals surface area (Å²) in [6.45, 7) is 0. The molecule has 108 valence electrons. The van der Waals surface area contributed by atoms with Gasteiger partial charge in [0.1, 0.15) is 5.75 Å². The molecule has 3 N–H and O–H groups in total. The summed E-state index contributed by atoms with van der Waals surface area (Å²) in [5.74, 6) is -1.36. The van der Waals surface area contributed by atoms with E-state index < -0.39 is 5.97 Å². The van der Waals surface area contributed by atoms with E-state index in [-0.39, 0.29) is 29.3 Å². The Labute approximate surface area is 134 Å². The zero-order valence-corrected chi connectivity index (χ0v) is 13.0. The standard InChI is InChI=1S/C15H12INO4/c16-10-4-5-13(12(8-10)15(20)21)17-14(19)7-9-2-1-3-11(18)6-9/h1-6,8,18H,7H2,(H,17,19)(H,20,21). The van der Waals surface area contributed by atoms with Crippen molar-refractivity contribution >= 4 is 40.2 Å². The van der Waals surface area contributed by atoms with Crippen molar-refractivity contribution in [1.82, 2.24) is 0 Å². The van der Waals surface area contributed by atoms with E-state index >= 15 is 0 Å². The molecule has 0 aliphatic rings. The summed E-state index contributed by atoms with van der Waals surface area (Å²) in [6.07, 6.45) is 0.0550. The van der Waals surface area contributed by atoms with Gasteiger partial charge >= 0.3 is 5.97 Å². The normalized spacial score (nSPS) is 10.1. The van der Waals surface area contributed by atoms with Gasteiger partial charge in [0.05, 0.1) is 17.7 Å². The number of halogens is 1. The molecule has 6 heteroatoms. The minimum absolute atomic E-state index is 0.0474. The molecule has 2 aromatic carbocycles. The van der Waals surface area contributed by atoms with E-state index in [0.717, 1.165) is 3.57 Å². The van der Waals surface area contributed by atoms with Gasteiger partial charge in [-0.15, -0.1) is 0 Å². The molecule has 0 aliphatic carbocycles. The van der Waals surface area contributed by atoms with Crippen molar-refractivity contribution in [3.63, 3.8) is 0 Å². The molecule has 0 unspecified atom stereocenters. The van der Waals surface area contributed by atoms with Crippen LogP contribution in [0.25, 0.3) is 0 Å². The minimum Gasteiger partial charge on any atom is -0.508 e. The van der Waals surface area contributed by atoms with Crippen molar-refractivity contribution in [2.24, 2.45) is 0 Å². The van der Waals surface area contributed by atoms with Crippen LogP contribution in [-0.2, 0) is 11.2 Å². The van der Waals surface area contributed by atoms with Crippen LogP contribution < -0.4 is 5.32 Å². The average Bonchev–Trinajstić information content (AvgIpc) is 2.40. The van der Waals surface area contributed by atoms with Gasteiger partial charge in [-0.05, 0) is 58.5 Å². The fourth-order valence-corrected chi connectivity index (χ4v) is 2.34. The van der Waals surface area contributed by atoms with Crippen molar-refractivity contribution in [1.29, 1.82) is 0 Å². The molecule has 2 aromatic rings. The number of carboxylic acid groups (broad SMARTS) is 1. The Balaban J connectivity index is 2.15. The van der Waals surface area contributed by atoms with Crippen LogP contribution in [0.3, 0.4) is 0 Å². The van der Waals surface area contributed by atoms with Crippen LogP contribution in [0.1, 0.15) is 15.9 Å². The SMILES string of the molecule is O=C(Cc1cccc(O)c1)Nc1ccc(I)cc1C(=O)O. The van der Waals surface area contributed by atoms with E-state index in [4.69, 9.17) is 5.11 Å². The molecule has 0 aromatic heterocycles. The first-order valence-corrected chi connectivity index (χ1v) is 7.14. The molecule has 2 rings (SSSR count). The molecule has 0 saturated carbocycles. The number of phenolic OH excluding ortho intramolecular Hbond substituents is 1. The van der Waals surface area contributed by atoms with Crippen LogP contribution in [0, 0.1) is 3.57 Å². The number of aromatic hydroxyl groups is 1. The van der Waals surface area contributed by atoms with Gasteiger partial charge in [-0.3, -0.25) is 4.79 Å². The first-order chi connectivity index (χ1) is 9.95. The number of anilines is 1. The third-order valence-corrected chi connectivity index (χ3v) is 3.43. The second-order valence-electron chi connectivity index (χ2n) is 4.39. The van der Waals surface area contributed by atoms with E-state index in [1.54, 1.807) is 24.3 Å². The quantitative estimate of drug-likeness (QED) is 0.693. The summed E-state index contributed by atoms with van der Waals surface area (Å²) in [7, 11) is 0. The molecular formula is C15H12INO4. The number of hydrogen-bond donors (Lipinski definition) is 3. The maximum absolute atomic E-state index is 12.0.